The van der Waals surface area contributed by atoms with Crippen LogP contribution in [0.15, 0.2) is 47.6 Å². The third-order valence-electron chi connectivity index (χ3n) is 3.02. The first-order valence-corrected chi connectivity index (χ1v) is 5.69. The fourth-order valence-corrected chi connectivity index (χ4v) is 2.29. The van der Waals surface area contributed by atoms with E-state index in [1.807, 2.05) is 55.5 Å². The molecule has 0 unspecified atom stereocenters. The number of fused-ring (bicyclic) bond motifs is 1. The number of benzene rings is 1. The second-order valence-corrected chi connectivity index (χ2v) is 3.91. The number of rotatable bonds is 0. The molecular formula is C16H9N3. The summed E-state index contributed by atoms with van der Waals surface area (Å²) in [5.41, 5.74) is 3.93. The third-order valence-corrected chi connectivity index (χ3v) is 3.02. The van der Waals surface area contributed by atoms with Gasteiger partial charge in [-0.2, -0.15) is 15.8 Å². The van der Waals surface area contributed by atoms with E-state index in [1.54, 1.807) is 0 Å². The van der Waals surface area contributed by atoms with Crippen molar-refractivity contribution in [3.05, 3.63) is 58.7 Å². The molecule has 0 saturated heterocycles. The Kier molecular flexibility index (Phi) is 3.29. The fourth-order valence-electron chi connectivity index (χ4n) is 2.29. The summed E-state index contributed by atoms with van der Waals surface area (Å²) in [6.45, 7) is 1.83. The Morgan fingerprint density at radius 3 is 2.16 bits per heavy atom. The molecule has 2 rings (SSSR count). The molecule has 0 spiro atoms. The number of allylic oxidation sites excluding steroid dienone is 6. The van der Waals surface area contributed by atoms with Crippen LogP contribution in [-0.2, 0) is 0 Å². The molecule has 1 aliphatic carbocycles. The van der Waals surface area contributed by atoms with Crippen molar-refractivity contribution in [2.45, 2.75) is 6.92 Å². The Bertz CT molecular complexity index is 740. The van der Waals surface area contributed by atoms with Gasteiger partial charge in [0.15, 0.2) is 0 Å². The Hall–Kier alpha value is -3.09. The molecule has 88 valence electrons. The molecule has 3 heteroatoms. The van der Waals surface area contributed by atoms with Crippen molar-refractivity contribution in [1.29, 1.82) is 15.8 Å². The van der Waals surface area contributed by atoms with Gasteiger partial charge >= 0.3 is 0 Å². The summed E-state index contributed by atoms with van der Waals surface area (Å²) >= 11 is 0. The summed E-state index contributed by atoms with van der Waals surface area (Å²) in [7, 11) is 0. The van der Waals surface area contributed by atoms with Crippen LogP contribution in [0.5, 0.6) is 0 Å². The minimum atomic E-state index is 0.0712. The standard InChI is InChI=1S/C16H9N3/c1-2-12-14(7-8-17)13-5-3-4-6-15(13)16(12)11(9-18)10-19/h2-7H,1H3/b12-2-,14-7+. The molecule has 0 saturated carbocycles. The maximum absolute atomic E-state index is 9.10. The molecule has 0 atom stereocenters. The van der Waals surface area contributed by atoms with E-state index in [0.29, 0.717) is 5.57 Å². The molecule has 0 heterocycles. The van der Waals surface area contributed by atoms with E-state index in [9.17, 15) is 0 Å². The number of hydrogen-bond acceptors (Lipinski definition) is 3. The van der Waals surface area contributed by atoms with Crippen LogP contribution >= 0.6 is 0 Å². The first-order valence-electron chi connectivity index (χ1n) is 5.69. The molecule has 0 amide bonds. The van der Waals surface area contributed by atoms with Crippen LogP contribution in [0.4, 0.5) is 0 Å². The van der Waals surface area contributed by atoms with Crippen LogP contribution in [0.25, 0.3) is 11.1 Å². The van der Waals surface area contributed by atoms with Crippen molar-refractivity contribution in [3.8, 4) is 18.2 Å². The molecule has 0 aromatic heterocycles. The zero-order valence-electron chi connectivity index (χ0n) is 10.3. The second-order valence-electron chi connectivity index (χ2n) is 3.91. The number of nitrogens with zero attached hydrogens (tertiary/aromatic N) is 3. The summed E-state index contributed by atoms with van der Waals surface area (Å²) in [5.74, 6) is 0. The molecule has 0 radical (unpaired) electrons. The van der Waals surface area contributed by atoms with Gasteiger partial charge in [0.1, 0.15) is 17.7 Å². The minimum Gasteiger partial charge on any atom is -0.193 e. The van der Waals surface area contributed by atoms with Gasteiger partial charge in [0, 0.05) is 17.2 Å². The lowest BCUT2D eigenvalue weighted by Crippen LogP contribution is -1.86. The van der Waals surface area contributed by atoms with Crippen molar-refractivity contribution < 1.29 is 0 Å². The highest BCUT2D eigenvalue weighted by atomic mass is 14.3. The average Bonchev–Trinajstić information content (AvgIpc) is 2.76. The molecule has 1 aromatic carbocycles. The van der Waals surface area contributed by atoms with E-state index in [-0.39, 0.29) is 5.57 Å². The molecule has 0 N–H and O–H groups in total. The molecule has 0 fully saturated rings. The van der Waals surface area contributed by atoms with Crippen molar-refractivity contribution in [3.63, 3.8) is 0 Å². The lowest BCUT2D eigenvalue weighted by atomic mass is 9.99. The number of hydrogen-bond donors (Lipinski definition) is 0. The fraction of sp³-hybridized carbons (Fsp3) is 0.0625. The Morgan fingerprint density at radius 2 is 1.63 bits per heavy atom. The second kappa shape index (κ2) is 5.05. The highest BCUT2D eigenvalue weighted by Gasteiger charge is 2.28. The first kappa shape index (κ1) is 12.4. The quantitative estimate of drug-likeness (QED) is 0.656. The summed E-state index contributed by atoms with van der Waals surface area (Å²) in [4.78, 5) is 0. The zero-order valence-corrected chi connectivity index (χ0v) is 10.3. The molecule has 19 heavy (non-hydrogen) atoms. The van der Waals surface area contributed by atoms with Gasteiger partial charge in [0.05, 0.1) is 6.07 Å². The van der Waals surface area contributed by atoms with Crippen LogP contribution in [0.3, 0.4) is 0 Å². The van der Waals surface area contributed by atoms with Crippen LogP contribution < -0.4 is 0 Å². The summed E-state index contributed by atoms with van der Waals surface area (Å²) in [6, 6.07) is 13.4. The Balaban J connectivity index is 2.91. The van der Waals surface area contributed by atoms with E-state index in [2.05, 4.69) is 0 Å². The molecule has 3 nitrogen and oxygen atoms in total. The van der Waals surface area contributed by atoms with Crippen LogP contribution in [0.1, 0.15) is 18.1 Å². The van der Waals surface area contributed by atoms with Gasteiger partial charge in [0.2, 0.25) is 0 Å². The maximum atomic E-state index is 9.10. The topological polar surface area (TPSA) is 71.4 Å². The van der Waals surface area contributed by atoms with E-state index >= 15 is 0 Å². The van der Waals surface area contributed by atoms with Crippen molar-refractivity contribution in [2.75, 3.05) is 0 Å². The van der Waals surface area contributed by atoms with Gasteiger partial charge in [-0.1, -0.05) is 30.3 Å². The van der Waals surface area contributed by atoms with Crippen LogP contribution in [0.2, 0.25) is 0 Å². The zero-order chi connectivity index (χ0) is 13.8. The maximum Gasteiger partial charge on any atom is 0.138 e. The third kappa shape index (κ3) is 1.82. The lowest BCUT2D eigenvalue weighted by molar-refractivity contribution is 1.46. The van der Waals surface area contributed by atoms with Gasteiger partial charge in [-0.05, 0) is 23.6 Å². The van der Waals surface area contributed by atoms with Gasteiger partial charge in [-0.3, -0.25) is 0 Å². The van der Waals surface area contributed by atoms with Crippen molar-refractivity contribution >= 4 is 11.1 Å². The van der Waals surface area contributed by atoms with Crippen molar-refractivity contribution in [1.82, 2.24) is 0 Å². The monoisotopic (exact) mass is 243 g/mol. The number of nitriles is 3. The predicted molar refractivity (Wildman–Crippen MR) is 71.9 cm³/mol. The predicted octanol–water partition coefficient (Wildman–Crippen LogP) is 3.35. The Morgan fingerprint density at radius 1 is 1.00 bits per heavy atom. The van der Waals surface area contributed by atoms with E-state index < -0.39 is 0 Å². The van der Waals surface area contributed by atoms with E-state index in [4.69, 9.17) is 15.8 Å². The molecular weight excluding hydrogens is 234 g/mol. The SMILES string of the molecule is C/C=C1\C(=C(C#N)C#N)c2ccccc2\C1=C\C#N. The van der Waals surface area contributed by atoms with Crippen LogP contribution in [-0.4, -0.2) is 0 Å². The Labute approximate surface area is 111 Å². The summed E-state index contributed by atoms with van der Waals surface area (Å²) in [5, 5.41) is 27.1. The normalized spacial score (nSPS) is 16.6. The van der Waals surface area contributed by atoms with E-state index in [0.717, 1.165) is 22.3 Å². The highest BCUT2D eigenvalue weighted by molar-refractivity contribution is 6.10. The van der Waals surface area contributed by atoms with Gasteiger partial charge in [0.25, 0.3) is 0 Å². The highest BCUT2D eigenvalue weighted by Crippen LogP contribution is 2.46. The molecule has 0 bridgehead atoms. The lowest BCUT2D eigenvalue weighted by Gasteiger charge is -2.01. The van der Waals surface area contributed by atoms with E-state index in [1.165, 1.54) is 6.08 Å². The average molecular weight is 243 g/mol. The minimum absolute atomic E-state index is 0.0712. The first-order chi connectivity index (χ1) is 9.28. The molecule has 0 aliphatic heterocycles. The van der Waals surface area contributed by atoms with Crippen molar-refractivity contribution in [2.24, 2.45) is 0 Å². The smallest absolute Gasteiger partial charge is 0.138 e. The largest absolute Gasteiger partial charge is 0.193 e. The van der Waals surface area contributed by atoms with Gasteiger partial charge < -0.3 is 0 Å². The molecule has 1 aromatic rings. The summed E-state index contributed by atoms with van der Waals surface area (Å²) < 4.78 is 0. The summed E-state index contributed by atoms with van der Waals surface area (Å²) in [6.07, 6.45) is 3.28. The molecule has 1 aliphatic rings. The van der Waals surface area contributed by atoms with Gasteiger partial charge in [-0.15, -0.1) is 0 Å². The van der Waals surface area contributed by atoms with Crippen LogP contribution in [0, 0.1) is 34.0 Å². The van der Waals surface area contributed by atoms with Gasteiger partial charge in [-0.25, -0.2) is 0 Å².